The Morgan fingerprint density at radius 1 is 1.47 bits per heavy atom. The van der Waals surface area contributed by atoms with Gasteiger partial charge in [0.25, 0.3) is 0 Å². The minimum atomic E-state index is 0. The van der Waals surface area contributed by atoms with Crippen molar-refractivity contribution in [2.24, 2.45) is 0 Å². The number of hydrogen-bond donors (Lipinski definition) is 1. The molecule has 4 nitrogen and oxygen atoms in total. The van der Waals surface area contributed by atoms with Crippen LogP contribution in [0.2, 0.25) is 0 Å². The van der Waals surface area contributed by atoms with E-state index in [2.05, 4.69) is 28.4 Å². The van der Waals surface area contributed by atoms with Crippen molar-refractivity contribution in [2.45, 2.75) is 26.3 Å². The maximum Gasteiger partial charge on any atom is 0.0726 e. The van der Waals surface area contributed by atoms with Crippen LogP contribution in [0.3, 0.4) is 0 Å². The molecule has 1 aromatic heterocycles. The van der Waals surface area contributed by atoms with E-state index < -0.39 is 0 Å². The summed E-state index contributed by atoms with van der Waals surface area (Å²) in [6.07, 6.45) is 6.69. The molecule has 0 amide bonds. The Balaban J connectivity index is 0.00000128. The van der Waals surface area contributed by atoms with Crippen molar-refractivity contribution in [3.8, 4) is 0 Å². The van der Waals surface area contributed by atoms with Gasteiger partial charge in [-0.15, -0.1) is 0 Å². The van der Waals surface area contributed by atoms with Crippen LogP contribution in [0.4, 0.5) is 5.69 Å². The lowest BCUT2D eigenvalue weighted by Gasteiger charge is -2.14. The van der Waals surface area contributed by atoms with Gasteiger partial charge >= 0.3 is 0 Å². The normalized spacial score (nSPS) is 17.1. The van der Waals surface area contributed by atoms with Gasteiger partial charge in [0.2, 0.25) is 0 Å². The summed E-state index contributed by atoms with van der Waals surface area (Å²) in [4.78, 5) is 2.51. The minimum Gasteiger partial charge on any atom is -0.381 e. The van der Waals surface area contributed by atoms with E-state index in [0.29, 0.717) is 0 Å². The second-order valence-electron chi connectivity index (χ2n) is 4.06. The molecule has 0 aliphatic carbocycles. The van der Waals surface area contributed by atoms with Crippen LogP contribution < -0.4 is 5.32 Å². The van der Waals surface area contributed by atoms with Crippen LogP contribution in [0.5, 0.6) is 0 Å². The molecule has 1 aliphatic heterocycles. The zero-order valence-electron chi connectivity index (χ0n) is 9.45. The number of aromatic nitrogens is 2. The molecule has 2 rings (SSSR count). The van der Waals surface area contributed by atoms with Crippen molar-refractivity contribution in [1.29, 1.82) is 0 Å². The number of anilines is 1. The van der Waals surface area contributed by atoms with E-state index >= 15 is 0 Å². The molecule has 1 aromatic rings. The molecule has 1 aliphatic rings. The largest absolute Gasteiger partial charge is 0.381 e. The van der Waals surface area contributed by atoms with Crippen LogP contribution in [0.1, 0.15) is 21.2 Å². The molecule has 1 saturated heterocycles. The fourth-order valence-electron chi connectivity index (χ4n) is 1.99. The molecular formula is C11H22N4. The van der Waals surface area contributed by atoms with Crippen LogP contribution in [0.15, 0.2) is 12.4 Å². The van der Waals surface area contributed by atoms with Crippen molar-refractivity contribution in [3.05, 3.63) is 12.4 Å². The molecule has 2 heterocycles. The van der Waals surface area contributed by atoms with Crippen molar-refractivity contribution in [1.82, 2.24) is 14.7 Å². The number of likely N-dealkylation sites (tertiary alicyclic amines) is 1. The Labute approximate surface area is 92.7 Å². The first-order valence-corrected chi connectivity index (χ1v) is 5.87. The molecule has 0 saturated carbocycles. The van der Waals surface area contributed by atoms with Gasteiger partial charge in [0, 0.05) is 27.3 Å². The van der Waals surface area contributed by atoms with Gasteiger partial charge in [-0.2, -0.15) is 5.10 Å². The molecule has 1 N–H and O–H groups in total. The maximum atomic E-state index is 4.23. The van der Waals surface area contributed by atoms with Crippen LogP contribution in [-0.2, 0) is 6.54 Å². The first kappa shape index (κ1) is 10.5. The van der Waals surface area contributed by atoms with E-state index in [1.54, 1.807) is 0 Å². The number of rotatable bonds is 5. The Kier molecular flexibility index (Phi) is 3.61. The van der Waals surface area contributed by atoms with Crippen LogP contribution >= 0.6 is 0 Å². The Bertz CT molecular complexity index is 294. The van der Waals surface area contributed by atoms with E-state index in [-0.39, 0.29) is 1.43 Å². The average Bonchev–Trinajstić information content (AvgIpc) is 2.88. The van der Waals surface area contributed by atoms with E-state index in [9.17, 15) is 0 Å². The predicted octanol–water partition coefficient (Wildman–Crippen LogP) is 1.66. The van der Waals surface area contributed by atoms with E-state index in [1.165, 1.54) is 25.9 Å². The molecular weight excluding hydrogens is 188 g/mol. The lowest BCUT2D eigenvalue weighted by molar-refractivity contribution is 0.352. The van der Waals surface area contributed by atoms with E-state index in [0.717, 1.165) is 25.3 Å². The Morgan fingerprint density at radius 2 is 2.27 bits per heavy atom. The highest BCUT2D eigenvalue weighted by Gasteiger charge is 2.10. The standard InChI is InChI=1S/C11H20N4.H2/c1-2-15-10-11(9-13-15)12-5-8-14-6-3-4-7-14;/h9-10,12H,2-8H2,1H3;1H. The molecule has 1 fully saturated rings. The lowest BCUT2D eigenvalue weighted by Crippen LogP contribution is -2.25. The van der Waals surface area contributed by atoms with Gasteiger partial charge in [-0.3, -0.25) is 4.68 Å². The molecule has 15 heavy (non-hydrogen) atoms. The first-order chi connectivity index (χ1) is 7.38. The quantitative estimate of drug-likeness (QED) is 0.802. The zero-order chi connectivity index (χ0) is 10.5. The summed E-state index contributed by atoms with van der Waals surface area (Å²) in [6.45, 7) is 7.76. The van der Waals surface area contributed by atoms with Gasteiger partial charge in [-0.25, -0.2) is 0 Å². The fraction of sp³-hybridized carbons (Fsp3) is 0.727. The van der Waals surface area contributed by atoms with Crippen LogP contribution in [0.25, 0.3) is 0 Å². The Hall–Kier alpha value is -1.03. The average molecular weight is 210 g/mol. The maximum absolute atomic E-state index is 4.23. The van der Waals surface area contributed by atoms with Crippen molar-refractivity contribution >= 4 is 5.69 Å². The summed E-state index contributed by atoms with van der Waals surface area (Å²) in [7, 11) is 0. The van der Waals surface area contributed by atoms with Crippen LogP contribution in [0, 0.1) is 0 Å². The highest BCUT2D eigenvalue weighted by Crippen LogP contribution is 2.07. The third-order valence-corrected chi connectivity index (χ3v) is 2.91. The number of aryl methyl sites for hydroxylation is 1. The van der Waals surface area contributed by atoms with Gasteiger partial charge < -0.3 is 10.2 Å². The lowest BCUT2D eigenvalue weighted by atomic mass is 10.4. The zero-order valence-corrected chi connectivity index (χ0v) is 9.45. The van der Waals surface area contributed by atoms with Gasteiger partial charge in [0.15, 0.2) is 0 Å². The molecule has 0 aromatic carbocycles. The SMILES string of the molecule is CCn1cc(NCCN2CCCC2)cn1.[HH]. The van der Waals surface area contributed by atoms with Crippen molar-refractivity contribution in [2.75, 3.05) is 31.5 Å². The third-order valence-electron chi connectivity index (χ3n) is 2.91. The van der Waals surface area contributed by atoms with Gasteiger partial charge in [0.05, 0.1) is 11.9 Å². The van der Waals surface area contributed by atoms with Gasteiger partial charge in [-0.1, -0.05) is 0 Å². The summed E-state index contributed by atoms with van der Waals surface area (Å²) in [6, 6.07) is 0. The van der Waals surface area contributed by atoms with Crippen molar-refractivity contribution < 1.29 is 1.43 Å². The number of nitrogens with one attached hydrogen (secondary N) is 1. The molecule has 0 radical (unpaired) electrons. The smallest absolute Gasteiger partial charge is 0.0726 e. The van der Waals surface area contributed by atoms with E-state index in [1.807, 2.05) is 10.9 Å². The van der Waals surface area contributed by atoms with E-state index in [4.69, 9.17) is 0 Å². The minimum absolute atomic E-state index is 0. The molecule has 0 spiro atoms. The molecule has 0 unspecified atom stereocenters. The second kappa shape index (κ2) is 5.16. The summed E-state index contributed by atoms with van der Waals surface area (Å²) in [5.41, 5.74) is 1.14. The topological polar surface area (TPSA) is 33.1 Å². The fourth-order valence-corrected chi connectivity index (χ4v) is 1.99. The van der Waals surface area contributed by atoms with Gasteiger partial charge in [-0.05, 0) is 32.9 Å². The van der Waals surface area contributed by atoms with Crippen LogP contribution in [-0.4, -0.2) is 40.9 Å². The number of hydrogen-bond acceptors (Lipinski definition) is 3. The molecule has 0 atom stereocenters. The highest BCUT2D eigenvalue weighted by atomic mass is 15.3. The predicted molar refractivity (Wildman–Crippen MR) is 64.2 cm³/mol. The van der Waals surface area contributed by atoms with Crippen molar-refractivity contribution in [3.63, 3.8) is 0 Å². The molecule has 4 heteroatoms. The first-order valence-electron chi connectivity index (χ1n) is 5.87. The van der Waals surface area contributed by atoms with Gasteiger partial charge in [0.1, 0.15) is 0 Å². The Morgan fingerprint density at radius 3 is 2.93 bits per heavy atom. The molecule has 86 valence electrons. The summed E-state index contributed by atoms with van der Waals surface area (Å²) >= 11 is 0. The number of nitrogens with zero attached hydrogens (tertiary/aromatic N) is 3. The summed E-state index contributed by atoms with van der Waals surface area (Å²) in [5, 5.41) is 7.63. The monoisotopic (exact) mass is 210 g/mol. The summed E-state index contributed by atoms with van der Waals surface area (Å²) < 4.78 is 1.94. The third kappa shape index (κ3) is 2.96. The summed E-state index contributed by atoms with van der Waals surface area (Å²) in [5.74, 6) is 0. The second-order valence-corrected chi connectivity index (χ2v) is 4.06. The molecule has 0 bridgehead atoms. The highest BCUT2D eigenvalue weighted by molar-refractivity contribution is 5.37.